The lowest BCUT2D eigenvalue weighted by Gasteiger charge is -2.18. The number of rotatable bonds is 8. The third-order valence-corrected chi connectivity index (χ3v) is 4.89. The van der Waals surface area contributed by atoms with Gasteiger partial charge < -0.3 is 15.0 Å². The van der Waals surface area contributed by atoms with Crippen LogP contribution in [-0.4, -0.2) is 43.3 Å². The highest BCUT2D eigenvalue weighted by Gasteiger charge is 2.26. The molecule has 1 saturated heterocycles. The highest BCUT2D eigenvalue weighted by atomic mass is 16.5. The van der Waals surface area contributed by atoms with Crippen LogP contribution in [-0.2, 0) is 20.7 Å². The summed E-state index contributed by atoms with van der Waals surface area (Å²) in [5.74, 6) is -1.05. The summed E-state index contributed by atoms with van der Waals surface area (Å²) in [6.45, 7) is 2.17. The summed E-state index contributed by atoms with van der Waals surface area (Å²) in [6.07, 6.45) is 1.87. The number of carbonyl (C=O) groups excluding carboxylic acids is 4. The Bertz CT molecular complexity index is 952. The van der Waals surface area contributed by atoms with E-state index < -0.39 is 5.97 Å². The molecule has 7 heteroatoms. The van der Waals surface area contributed by atoms with Gasteiger partial charge in [0.15, 0.2) is 12.4 Å². The maximum Gasteiger partial charge on any atom is 0.340 e. The minimum Gasteiger partial charge on any atom is -0.454 e. The average Bonchev–Trinajstić information content (AvgIpc) is 3.17. The molecule has 1 aliphatic heterocycles. The first-order chi connectivity index (χ1) is 14.5. The van der Waals surface area contributed by atoms with Gasteiger partial charge in [-0.3, -0.25) is 14.4 Å². The molecule has 3 rings (SSSR count). The number of anilines is 1. The van der Waals surface area contributed by atoms with Crippen molar-refractivity contribution in [3.05, 3.63) is 65.2 Å². The number of para-hydroxylation sites is 1. The largest absolute Gasteiger partial charge is 0.454 e. The second-order valence-corrected chi connectivity index (χ2v) is 7.10. The van der Waals surface area contributed by atoms with Crippen molar-refractivity contribution in [2.75, 3.05) is 24.6 Å². The van der Waals surface area contributed by atoms with Crippen molar-refractivity contribution in [3.63, 3.8) is 0 Å². The molecule has 1 aliphatic rings. The van der Waals surface area contributed by atoms with Crippen LogP contribution in [0.3, 0.4) is 0 Å². The van der Waals surface area contributed by atoms with Gasteiger partial charge >= 0.3 is 5.97 Å². The van der Waals surface area contributed by atoms with E-state index in [0.717, 1.165) is 12.0 Å². The minimum absolute atomic E-state index is 0.0232. The van der Waals surface area contributed by atoms with Gasteiger partial charge in [0, 0.05) is 32.0 Å². The van der Waals surface area contributed by atoms with E-state index in [9.17, 15) is 19.2 Å². The molecule has 0 spiro atoms. The predicted molar refractivity (Wildman–Crippen MR) is 111 cm³/mol. The fourth-order valence-corrected chi connectivity index (χ4v) is 3.32. The average molecular weight is 408 g/mol. The molecule has 30 heavy (non-hydrogen) atoms. The van der Waals surface area contributed by atoms with Crippen molar-refractivity contribution >= 4 is 29.3 Å². The Morgan fingerprint density at radius 1 is 1.07 bits per heavy atom. The Morgan fingerprint density at radius 3 is 2.47 bits per heavy atom. The van der Waals surface area contributed by atoms with Gasteiger partial charge in [0.05, 0.1) is 11.3 Å². The molecule has 0 radical (unpaired) electrons. The van der Waals surface area contributed by atoms with Gasteiger partial charge in [-0.25, -0.2) is 4.79 Å². The Hall–Kier alpha value is -3.48. The number of carbonyl (C=O) groups is 4. The molecule has 1 fully saturated rings. The number of benzene rings is 2. The van der Waals surface area contributed by atoms with Crippen LogP contribution in [0.4, 0.5) is 5.69 Å². The third-order valence-electron chi connectivity index (χ3n) is 4.89. The third kappa shape index (κ3) is 5.31. The van der Waals surface area contributed by atoms with Gasteiger partial charge in [0.2, 0.25) is 11.8 Å². The summed E-state index contributed by atoms with van der Waals surface area (Å²) in [4.78, 5) is 49.4. The summed E-state index contributed by atoms with van der Waals surface area (Å²) < 4.78 is 5.23. The molecule has 1 heterocycles. The zero-order chi connectivity index (χ0) is 21.5. The van der Waals surface area contributed by atoms with Crippen molar-refractivity contribution in [2.45, 2.75) is 26.2 Å². The lowest BCUT2D eigenvalue weighted by atomic mass is 10.1. The first kappa shape index (κ1) is 21.2. The van der Waals surface area contributed by atoms with Crippen LogP contribution in [0.15, 0.2) is 48.5 Å². The molecule has 2 aromatic carbocycles. The lowest BCUT2D eigenvalue weighted by molar-refractivity contribution is -0.119. The molecule has 0 unspecified atom stereocenters. The Balaban J connectivity index is 1.58. The van der Waals surface area contributed by atoms with Crippen molar-refractivity contribution in [1.29, 1.82) is 0 Å². The molecule has 1 N–H and O–H groups in total. The zero-order valence-corrected chi connectivity index (χ0v) is 16.8. The smallest absolute Gasteiger partial charge is 0.340 e. The predicted octanol–water partition coefficient (Wildman–Crippen LogP) is 2.53. The van der Waals surface area contributed by atoms with E-state index in [1.54, 1.807) is 41.3 Å². The maximum atomic E-state index is 12.5. The standard InChI is InChI=1S/C23H24N2O5/c1-16(26)24-13-12-17-8-10-18(11-9-17)21(27)15-30-23(29)19-5-2-3-6-20(19)25-14-4-7-22(25)28/h2-3,5-6,8-11H,4,7,12-15H2,1H3,(H,24,26). The quantitative estimate of drug-likeness (QED) is 0.535. The summed E-state index contributed by atoms with van der Waals surface area (Å²) in [5, 5.41) is 2.72. The molecule has 0 aliphatic carbocycles. The van der Waals surface area contributed by atoms with Gasteiger partial charge in [0.25, 0.3) is 0 Å². The van der Waals surface area contributed by atoms with Crippen LogP contribution in [0.25, 0.3) is 0 Å². The highest BCUT2D eigenvalue weighted by molar-refractivity contribution is 6.04. The molecule has 0 atom stereocenters. The van der Waals surface area contributed by atoms with Crippen LogP contribution >= 0.6 is 0 Å². The Labute approximate surface area is 175 Å². The second kappa shape index (κ2) is 9.82. The van der Waals surface area contributed by atoms with Gasteiger partial charge in [-0.05, 0) is 30.5 Å². The number of esters is 1. The van der Waals surface area contributed by atoms with E-state index in [2.05, 4.69) is 5.32 Å². The Morgan fingerprint density at radius 2 is 1.80 bits per heavy atom. The van der Waals surface area contributed by atoms with E-state index in [1.807, 2.05) is 12.1 Å². The number of hydrogen-bond donors (Lipinski definition) is 1. The fraction of sp³-hybridized carbons (Fsp3) is 0.304. The first-order valence-corrected chi connectivity index (χ1v) is 9.89. The Kier molecular flexibility index (Phi) is 6.95. The summed E-state index contributed by atoms with van der Waals surface area (Å²) in [5.41, 5.74) is 2.21. The molecular weight excluding hydrogens is 384 g/mol. The minimum atomic E-state index is -0.634. The van der Waals surface area contributed by atoms with Crippen molar-refractivity contribution in [1.82, 2.24) is 5.32 Å². The van der Waals surface area contributed by atoms with E-state index >= 15 is 0 Å². The molecule has 0 saturated carbocycles. The van der Waals surface area contributed by atoms with E-state index in [0.29, 0.717) is 37.2 Å². The van der Waals surface area contributed by atoms with Crippen LogP contribution in [0.5, 0.6) is 0 Å². The van der Waals surface area contributed by atoms with Gasteiger partial charge in [-0.15, -0.1) is 0 Å². The molecule has 0 aromatic heterocycles. The van der Waals surface area contributed by atoms with Crippen LogP contribution in [0.1, 0.15) is 46.0 Å². The van der Waals surface area contributed by atoms with Crippen LogP contribution < -0.4 is 10.2 Å². The molecule has 0 bridgehead atoms. The second-order valence-electron chi connectivity index (χ2n) is 7.10. The van der Waals surface area contributed by atoms with E-state index in [-0.39, 0.29) is 29.8 Å². The van der Waals surface area contributed by atoms with Gasteiger partial charge in [-0.2, -0.15) is 0 Å². The fourth-order valence-electron chi connectivity index (χ4n) is 3.32. The number of hydrogen-bond acceptors (Lipinski definition) is 5. The van der Waals surface area contributed by atoms with Crippen molar-refractivity contribution < 1.29 is 23.9 Å². The van der Waals surface area contributed by atoms with Crippen molar-refractivity contribution in [2.24, 2.45) is 0 Å². The van der Waals surface area contributed by atoms with Crippen LogP contribution in [0.2, 0.25) is 0 Å². The summed E-state index contributed by atoms with van der Waals surface area (Å²) >= 11 is 0. The summed E-state index contributed by atoms with van der Waals surface area (Å²) in [6, 6.07) is 13.7. The number of Topliss-reactive ketones (excluding diaryl/α,β-unsaturated/α-hetero) is 1. The van der Waals surface area contributed by atoms with Crippen molar-refractivity contribution in [3.8, 4) is 0 Å². The number of ketones is 1. The SMILES string of the molecule is CC(=O)NCCc1ccc(C(=O)COC(=O)c2ccccc2N2CCCC2=O)cc1. The highest BCUT2D eigenvalue weighted by Crippen LogP contribution is 2.26. The number of amides is 2. The number of nitrogens with one attached hydrogen (secondary N) is 1. The zero-order valence-electron chi connectivity index (χ0n) is 16.8. The maximum absolute atomic E-state index is 12.5. The normalized spacial score (nSPS) is 13.2. The van der Waals surface area contributed by atoms with Crippen LogP contribution in [0, 0.1) is 0 Å². The summed E-state index contributed by atoms with van der Waals surface area (Å²) in [7, 11) is 0. The number of nitrogens with zero attached hydrogens (tertiary/aromatic N) is 1. The van der Waals surface area contributed by atoms with E-state index in [1.165, 1.54) is 6.92 Å². The molecule has 156 valence electrons. The van der Waals surface area contributed by atoms with Gasteiger partial charge in [-0.1, -0.05) is 36.4 Å². The molecule has 2 aromatic rings. The molecule has 2 amide bonds. The molecule has 7 nitrogen and oxygen atoms in total. The van der Waals surface area contributed by atoms with Gasteiger partial charge in [0.1, 0.15) is 0 Å². The lowest BCUT2D eigenvalue weighted by Crippen LogP contribution is -2.26. The molecular formula is C23H24N2O5. The monoisotopic (exact) mass is 408 g/mol. The van der Waals surface area contributed by atoms with E-state index in [4.69, 9.17) is 4.74 Å². The first-order valence-electron chi connectivity index (χ1n) is 9.89. The number of ether oxygens (including phenoxy) is 1. The topological polar surface area (TPSA) is 92.8 Å².